The van der Waals surface area contributed by atoms with Crippen LogP contribution in [-0.4, -0.2) is 84.6 Å². The molecule has 43 heavy (non-hydrogen) atoms. The van der Waals surface area contributed by atoms with Gasteiger partial charge in [-0.2, -0.15) is 0 Å². The first-order valence-electron chi connectivity index (χ1n) is 13.3. The molecule has 0 bridgehead atoms. The summed E-state index contributed by atoms with van der Waals surface area (Å²) in [6.07, 6.45) is -3.11. The number of ether oxygens (including phenoxy) is 2. The molecule has 0 saturated carbocycles. The molecule has 0 radical (unpaired) electrons. The van der Waals surface area contributed by atoms with Crippen LogP contribution in [0.4, 0.5) is 13.2 Å². The number of aliphatic hydroxyl groups excluding tert-OH is 3. The van der Waals surface area contributed by atoms with Gasteiger partial charge in [0.25, 0.3) is 5.91 Å². The zero-order chi connectivity index (χ0) is 30.6. The minimum Gasteiger partial charge on any atom is -0.394 e. The molecule has 2 aliphatic heterocycles. The second kappa shape index (κ2) is 11.2. The van der Waals surface area contributed by atoms with Gasteiger partial charge < -0.3 is 30.1 Å². The van der Waals surface area contributed by atoms with Crippen LogP contribution in [0.1, 0.15) is 28.5 Å². The Hall–Kier alpha value is -3.47. The SMILES string of the molecule is Cc1cc(C(=O)N[C@@H]2CCO[C@]23O[C@H](CO)[C@H](O)[C@H](n2cc(-c4cc(F)c(F)c(F)c4)nn2)[C@H]3O)c2cc(Br)ccc2n1. The van der Waals surface area contributed by atoms with Crippen molar-refractivity contribution < 1.29 is 42.8 Å². The second-order valence-electron chi connectivity index (χ2n) is 10.5. The molecule has 15 heteroatoms. The highest BCUT2D eigenvalue weighted by molar-refractivity contribution is 9.10. The van der Waals surface area contributed by atoms with Crippen LogP contribution in [0.25, 0.3) is 22.2 Å². The monoisotopic (exact) mass is 663 g/mol. The summed E-state index contributed by atoms with van der Waals surface area (Å²) in [6.45, 7) is 1.13. The number of hydrogen-bond acceptors (Lipinski definition) is 9. The Balaban J connectivity index is 1.34. The summed E-state index contributed by atoms with van der Waals surface area (Å²) in [5.74, 6) is -6.93. The van der Waals surface area contributed by atoms with E-state index in [1.54, 1.807) is 25.1 Å². The Morgan fingerprint density at radius 1 is 1.19 bits per heavy atom. The Morgan fingerprint density at radius 3 is 2.65 bits per heavy atom. The molecular weight excluding hydrogens is 639 g/mol. The molecule has 226 valence electrons. The summed E-state index contributed by atoms with van der Waals surface area (Å²) in [5, 5.41) is 44.0. The van der Waals surface area contributed by atoms with E-state index in [2.05, 4.69) is 36.5 Å². The summed E-state index contributed by atoms with van der Waals surface area (Å²) in [6, 6.07) is 6.15. The number of halogens is 4. The molecular formula is C28H25BrF3N5O6. The van der Waals surface area contributed by atoms with E-state index in [-0.39, 0.29) is 24.3 Å². The maximum atomic E-state index is 13.9. The van der Waals surface area contributed by atoms with E-state index in [1.165, 1.54) is 6.20 Å². The normalized spacial score (nSPS) is 27.2. The lowest BCUT2D eigenvalue weighted by Gasteiger charge is -2.49. The number of nitrogens with one attached hydrogen (secondary N) is 1. The lowest BCUT2D eigenvalue weighted by Crippen LogP contribution is -2.69. The number of aliphatic hydroxyl groups is 3. The van der Waals surface area contributed by atoms with E-state index in [4.69, 9.17) is 9.47 Å². The zero-order valence-corrected chi connectivity index (χ0v) is 24.0. The van der Waals surface area contributed by atoms with E-state index in [0.717, 1.165) is 21.3 Å². The van der Waals surface area contributed by atoms with E-state index in [1.807, 2.05) is 6.07 Å². The Bertz CT molecular complexity index is 1700. The minimum atomic E-state index is -1.92. The van der Waals surface area contributed by atoms with Crippen LogP contribution in [0.5, 0.6) is 0 Å². The Morgan fingerprint density at radius 2 is 1.93 bits per heavy atom. The molecule has 4 heterocycles. The molecule has 2 aromatic carbocycles. The van der Waals surface area contributed by atoms with Gasteiger partial charge in [0.2, 0.25) is 5.79 Å². The number of benzene rings is 2. The van der Waals surface area contributed by atoms with Crippen LogP contribution < -0.4 is 5.32 Å². The smallest absolute Gasteiger partial charge is 0.252 e. The van der Waals surface area contributed by atoms with Gasteiger partial charge in [0.1, 0.15) is 30.0 Å². The maximum absolute atomic E-state index is 13.9. The van der Waals surface area contributed by atoms with Crippen molar-refractivity contribution in [3.63, 3.8) is 0 Å². The third-order valence-corrected chi connectivity index (χ3v) is 8.24. The number of nitrogens with zero attached hydrogens (tertiary/aromatic N) is 4. The fourth-order valence-electron chi connectivity index (χ4n) is 5.70. The van der Waals surface area contributed by atoms with Gasteiger partial charge in [-0.05, 0) is 49.7 Å². The molecule has 6 atom stereocenters. The van der Waals surface area contributed by atoms with Crippen LogP contribution in [-0.2, 0) is 9.47 Å². The topological polar surface area (TPSA) is 152 Å². The average molecular weight is 664 g/mol. The average Bonchev–Trinajstić information content (AvgIpc) is 3.61. The molecule has 4 aromatic rings. The van der Waals surface area contributed by atoms with Crippen molar-refractivity contribution in [2.24, 2.45) is 0 Å². The predicted octanol–water partition coefficient (Wildman–Crippen LogP) is 2.55. The molecule has 2 fully saturated rings. The molecule has 11 nitrogen and oxygen atoms in total. The third-order valence-electron chi connectivity index (χ3n) is 7.75. The van der Waals surface area contributed by atoms with Crippen molar-refractivity contribution in [2.45, 2.75) is 49.5 Å². The molecule has 1 spiro atoms. The number of aromatic nitrogens is 4. The first-order valence-corrected chi connectivity index (χ1v) is 14.0. The number of aryl methyl sites for hydroxylation is 1. The number of pyridine rings is 1. The molecule has 0 unspecified atom stereocenters. The predicted molar refractivity (Wildman–Crippen MR) is 147 cm³/mol. The van der Waals surface area contributed by atoms with Gasteiger partial charge >= 0.3 is 0 Å². The van der Waals surface area contributed by atoms with Crippen LogP contribution >= 0.6 is 15.9 Å². The number of rotatable bonds is 5. The van der Waals surface area contributed by atoms with Crippen molar-refractivity contribution in [3.8, 4) is 11.3 Å². The van der Waals surface area contributed by atoms with Crippen LogP contribution in [0, 0.1) is 24.4 Å². The quantitative estimate of drug-likeness (QED) is 0.236. The molecule has 1 amide bonds. The van der Waals surface area contributed by atoms with Gasteiger partial charge in [-0.25, -0.2) is 17.9 Å². The van der Waals surface area contributed by atoms with Crippen molar-refractivity contribution in [1.29, 1.82) is 0 Å². The fraction of sp³-hybridized carbons (Fsp3) is 0.357. The highest BCUT2D eigenvalue weighted by Gasteiger charge is 2.62. The van der Waals surface area contributed by atoms with E-state index >= 15 is 0 Å². The summed E-state index contributed by atoms with van der Waals surface area (Å²) in [5.41, 5.74) is 1.32. The molecule has 2 saturated heterocycles. The summed E-state index contributed by atoms with van der Waals surface area (Å²) in [4.78, 5) is 18.1. The van der Waals surface area contributed by atoms with Crippen molar-refractivity contribution in [3.05, 3.63) is 75.8 Å². The van der Waals surface area contributed by atoms with Crippen LogP contribution in [0.3, 0.4) is 0 Å². The van der Waals surface area contributed by atoms with Gasteiger partial charge in [0.15, 0.2) is 17.5 Å². The summed E-state index contributed by atoms with van der Waals surface area (Å²) in [7, 11) is 0. The molecule has 6 rings (SSSR count). The van der Waals surface area contributed by atoms with Crippen molar-refractivity contribution >= 4 is 32.7 Å². The number of fused-ring (bicyclic) bond motifs is 1. The van der Waals surface area contributed by atoms with Crippen LogP contribution in [0.15, 0.2) is 47.1 Å². The first-order chi connectivity index (χ1) is 20.5. The summed E-state index contributed by atoms with van der Waals surface area (Å²) < 4.78 is 54.9. The number of carbonyl (C=O) groups excluding carboxylic acids is 1. The van der Waals surface area contributed by atoms with E-state index in [0.29, 0.717) is 22.2 Å². The minimum absolute atomic E-state index is 0.0569. The van der Waals surface area contributed by atoms with Gasteiger partial charge in [-0.3, -0.25) is 9.78 Å². The highest BCUT2D eigenvalue weighted by atomic mass is 79.9. The molecule has 2 aliphatic rings. The Kier molecular flexibility index (Phi) is 7.73. The van der Waals surface area contributed by atoms with Crippen LogP contribution in [0.2, 0.25) is 0 Å². The molecule has 4 N–H and O–H groups in total. The van der Waals surface area contributed by atoms with Crippen molar-refractivity contribution in [1.82, 2.24) is 25.3 Å². The van der Waals surface area contributed by atoms with Gasteiger partial charge in [0.05, 0.1) is 36.5 Å². The number of amides is 1. The van der Waals surface area contributed by atoms with Gasteiger partial charge in [-0.15, -0.1) is 5.10 Å². The van der Waals surface area contributed by atoms with Gasteiger partial charge in [0, 0.05) is 21.1 Å². The third kappa shape index (κ3) is 5.09. The Labute approximate surface area is 250 Å². The number of carbonyl (C=O) groups is 1. The lowest BCUT2D eigenvalue weighted by molar-refractivity contribution is -0.344. The summed E-state index contributed by atoms with van der Waals surface area (Å²) >= 11 is 3.42. The zero-order valence-electron chi connectivity index (χ0n) is 22.4. The maximum Gasteiger partial charge on any atom is 0.252 e. The largest absolute Gasteiger partial charge is 0.394 e. The molecule has 2 aromatic heterocycles. The van der Waals surface area contributed by atoms with Gasteiger partial charge in [-0.1, -0.05) is 21.1 Å². The lowest BCUT2D eigenvalue weighted by atomic mass is 9.86. The fourth-order valence-corrected chi connectivity index (χ4v) is 6.06. The standard InChI is InChI=1S/C28H25BrF3N5O6/c1-12-6-16(15-9-14(29)2-3-19(15)33-12)27(41)34-22-4-5-42-28(22)26(40)24(25(39)21(11-38)43-28)37-10-20(35-36-37)13-7-17(30)23(32)18(31)8-13/h2-3,6-10,21-22,24-26,38-40H,4-5,11H2,1H3,(H,34,41)/t21-,22-,24+,25+,26-,28+/m1/s1. The highest BCUT2D eigenvalue weighted by Crippen LogP contribution is 2.43. The second-order valence-corrected chi connectivity index (χ2v) is 11.4. The first kappa shape index (κ1) is 29.6. The molecule has 0 aliphatic carbocycles. The number of hydrogen-bond donors (Lipinski definition) is 4. The van der Waals surface area contributed by atoms with Crippen molar-refractivity contribution in [2.75, 3.05) is 13.2 Å². The van der Waals surface area contributed by atoms with E-state index < -0.39 is 66.1 Å². The van der Waals surface area contributed by atoms with E-state index in [9.17, 15) is 33.3 Å².